The van der Waals surface area contributed by atoms with Crippen LogP contribution in [0.4, 0.5) is 0 Å². The number of hydrogen-bond acceptors (Lipinski definition) is 4. The maximum absolute atomic E-state index is 12.2. The molecule has 0 radical (unpaired) electrons. The molecule has 2 aromatic rings. The van der Waals surface area contributed by atoms with E-state index in [0.717, 1.165) is 12.1 Å². The smallest absolute Gasteiger partial charge is 0.251 e. The van der Waals surface area contributed by atoms with Crippen molar-refractivity contribution >= 4 is 11.9 Å². The van der Waals surface area contributed by atoms with Crippen LogP contribution in [0.3, 0.4) is 0 Å². The molecule has 0 aromatic heterocycles. The molecule has 0 spiro atoms. The number of methoxy groups -OCH3 is 1. The maximum atomic E-state index is 12.2. The van der Waals surface area contributed by atoms with Gasteiger partial charge in [-0.05, 0) is 45.0 Å². The first-order chi connectivity index (χ1) is 14.5. The highest BCUT2D eigenvalue weighted by atomic mass is 16.5. The van der Waals surface area contributed by atoms with Crippen molar-refractivity contribution in [3.63, 3.8) is 0 Å². The standard InChI is InChI=1S/C23H32N4O3/c1-5-24-23(26-14-13-25-22(28)19-10-8-9-17(2)15-19)27-16-18(3)30-21-12-7-6-11-20(21)29-4/h6-12,15,18H,5,13-14,16H2,1-4H3,(H,25,28)(H2,24,26,27). The molecule has 0 aliphatic heterocycles. The van der Waals surface area contributed by atoms with E-state index in [1.165, 1.54) is 0 Å². The summed E-state index contributed by atoms with van der Waals surface area (Å²) in [5.41, 5.74) is 1.73. The van der Waals surface area contributed by atoms with Crippen LogP contribution in [0.2, 0.25) is 0 Å². The number of aliphatic imine (C=N–C) groups is 1. The predicted octanol–water partition coefficient (Wildman–Crippen LogP) is 2.76. The number of para-hydroxylation sites is 2. The number of benzene rings is 2. The van der Waals surface area contributed by atoms with Gasteiger partial charge in [-0.2, -0.15) is 0 Å². The molecule has 2 aromatic carbocycles. The molecule has 1 amide bonds. The van der Waals surface area contributed by atoms with Crippen molar-refractivity contribution in [2.45, 2.75) is 26.9 Å². The van der Waals surface area contributed by atoms with Crippen LogP contribution >= 0.6 is 0 Å². The summed E-state index contributed by atoms with van der Waals surface area (Å²) in [6.07, 6.45) is -0.127. The summed E-state index contributed by atoms with van der Waals surface area (Å²) in [6.45, 7) is 8.20. The Morgan fingerprint density at radius 1 is 1.03 bits per heavy atom. The molecule has 7 heteroatoms. The third-order valence-electron chi connectivity index (χ3n) is 4.23. The highest BCUT2D eigenvalue weighted by molar-refractivity contribution is 5.94. The minimum absolute atomic E-state index is 0.0822. The van der Waals surface area contributed by atoms with Crippen LogP contribution in [0.5, 0.6) is 11.5 Å². The van der Waals surface area contributed by atoms with Gasteiger partial charge in [0.15, 0.2) is 17.5 Å². The lowest BCUT2D eigenvalue weighted by atomic mass is 10.1. The number of ether oxygens (including phenoxy) is 2. The third-order valence-corrected chi connectivity index (χ3v) is 4.23. The van der Waals surface area contributed by atoms with Crippen LogP contribution in [0, 0.1) is 6.92 Å². The summed E-state index contributed by atoms with van der Waals surface area (Å²) in [5.74, 6) is 1.99. The fourth-order valence-electron chi connectivity index (χ4n) is 2.78. The summed E-state index contributed by atoms with van der Waals surface area (Å²) in [4.78, 5) is 16.8. The zero-order valence-corrected chi connectivity index (χ0v) is 18.2. The van der Waals surface area contributed by atoms with E-state index in [9.17, 15) is 4.79 Å². The van der Waals surface area contributed by atoms with Crippen LogP contribution in [0.15, 0.2) is 53.5 Å². The summed E-state index contributed by atoms with van der Waals surface area (Å²) >= 11 is 0. The Morgan fingerprint density at radius 3 is 2.47 bits per heavy atom. The number of carbonyl (C=O) groups is 1. The molecule has 1 atom stereocenters. The molecule has 0 bridgehead atoms. The highest BCUT2D eigenvalue weighted by Gasteiger charge is 2.09. The van der Waals surface area contributed by atoms with Gasteiger partial charge in [0.2, 0.25) is 0 Å². The van der Waals surface area contributed by atoms with Gasteiger partial charge in [0.1, 0.15) is 6.10 Å². The number of carbonyl (C=O) groups excluding carboxylic acids is 1. The Bertz CT molecular complexity index is 839. The molecule has 0 aliphatic carbocycles. The van der Waals surface area contributed by atoms with Gasteiger partial charge in [0.05, 0.1) is 13.7 Å². The third kappa shape index (κ3) is 7.66. The van der Waals surface area contributed by atoms with E-state index < -0.39 is 0 Å². The van der Waals surface area contributed by atoms with E-state index in [1.54, 1.807) is 7.11 Å². The molecule has 162 valence electrons. The van der Waals surface area contributed by atoms with Gasteiger partial charge >= 0.3 is 0 Å². The van der Waals surface area contributed by atoms with E-state index in [4.69, 9.17) is 9.47 Å². The Morgan fingerprint density at radius 2 is 1.77 bits per heavy atom. The van der Waals surface area contributed by atoms with E-state index >= 15 is 0 Å². The SMILES string of the molecule is CCNC(=NCC(C)Oc1ccccc1OC)NCCNC(=O)c1cccc(C)c1. The minimum atomic E-state index is -0.127. The van der Waals surface area contributed by atoms with Gasteiger partial charge in [0, 0.05) is 25.2 Å². The molecule has 3 N–H and O–H groups in total. The van der Waals surface area contributed by atoms with Crippen LogP contribution in [-0.2, 0) is 0 Å². The number of guanidine groups is 1. The molecule has 0 fully saturated rings. The lowest BCUT2D eigenvalue weighted by Crippen LogP contribution is -2.42. The fraction of sp³-hybridized carbons (Fsp3) is 0.391. The second-order valence-electron chi connectivity index (χ2n) is 6.85. The molecule has 0 saturated carbocycles. The first-order valence-electron chi connectivity index (χ1n) is 10.2. The average molecular weight is 413 g/mol. The molecule has 0 aliphatic rings. The first kappa shape index (κ1) is 23.1. The second kappa shape index (κ2) is 12.4. The summed E-state index contributed by atoms with van der Waals surface area (Å²) in [6, 6.07) is 15.1. The average Bonchev–Trinajstić information content (AvgIpc) is 2.75. The minimum Gasteiger partial charge on any atom is -0.493 e. The van der Waals surface area contributed by atoms with Gasteiger partial charge in [-0.1, -0.05) is 29.8 Å². The molecular weight excluding hydrogens is 380 g/mol. The van der Waals surface area contributed by atoms with Crippen molar-refractivity contribution in [3.8, 4) is 11.5 Å². The molecule has 0 heterocycles. The summed E-state index contributed by atoms with van der Waals surface area (Å²) in [5, 5.41) is 9.33. The summed E-state index contributed by atoms with van der Waals surface area (Å²) < 4.78 is 11.2. The van der Waals surface area contributed by atoms with Gasteiger partial charge in [-0.25, -0.2) is 4.99 Å². The second-order valence-corrected chi connectivity index (χ2v) is 6.85. The Hall–Kier alpha value is -3.22. The zero-order valence-electron chi connectivity index (χ0n) is 18.2. The Labute approximate surface area is 178 Å². The van der Waals surface area contributed by atoms with Gasteiger partial charge in [0.25, 0.3) is 5.91 Å². The Balaban J connectivity index is 1.80. The van der Waals surface area contributed by atoms with E-state index in [-0.39, 0.29) is 12.0 Å². The van der Waals surface area contributed by atoms with E-state index in [2.05, 4.69) is 20.9 Å². The van der Waals surface area contributed by atoms with Gasteiger partial charge in [-0.3, -0.25) is 4.79 Å². The lowest BCUT2D eigenvalue weighted by molar-refractivity contribution is 0.0954. The lowest BCUT2D eigenvalue weighted by Gasteiger charge is -2.17. The zero-order chi connectivity index (χ0) is 21.8. The van der Waals surface area contributed by atoms with Crippen LogP contribution < -0.4 is 25.4 Å². The number of aryl methyl sites for hydroxylation is 1. The van der Waals surface area contributed by atoms with Gasteiger partial charge < -0.3 is 25.4 Å². The van der Waals surface area contributed by atoms with Crippen LogP contribution in [-0.4, -0.2) is 51.3 Å². The maximum Gasteiger partial charge on any atom is 0.251 e. The number of amides is 1. The highest BCUT2D eigenvalue weighted by Crippen LogP contribution is 2.26. The quantitative estimate of drug-likeness (QED) is 0.317. The molecule has 0 saturated heterocycles. The van der Waals surface area contributed by atoms with Crippen molar-refractivity contribution in [2.75, 3.05) is 33.3 Å². The van der Waals surface area contributed by atoms with Crippen LogP contribution in [0.25, 0.3) is 0 Å². The van der Waals surface area contributed by atoms with E-state index in [0.29, 0.717) is 42.7 Å². The van der Waals surface area contributed by atoms with Crippen molar-refractivity contribution in [1.29, 1.82) is 0 Å². The number of rotatable bonds is 10. The molecule has 1 unspecified atom stereocenters. The molecule has 2 rings (SSSR count). The van der Waals surface area contributed by atoms with E-state index in [1.807, 2.05) is 69.3 Å². The van der Waals surface area contributed by atoms with Crippen molar-refractivity contribution < 1.29 is 14.3 Å². The summed E-state index contributed by atoms with van der Waals surface area (Å²) in [7, 11) is 1.62. The monoisotopic (exact) mass is 412 g/mol. The molecule has 30 heavy (non-hydrogen) atoms. The number of hydrogen-bond donors (Lipinski definition) is 3. The fourth-order valence-corrected chi connectivity index (χ4v) is 2.78. The topological polar surface area (TPSA) is 84.0 Å². The number of nitrogens with one attached hydrogen (secondary N) is 3. The number of nitrogens with zero attached hydrogens (tertiary/aromatic N) is 1. The Kier molecular flexibility index (Phi) is 9.51. The molecular formula is C23H32N4O3. The van der Waals surface area contributed by atoms with Crippen LogP contribution in [0.1, 0.15) is 29.8 Å². The first-order valence-corrected chi connectivity index (χ1v) is 10.2. The van der Waals surface area contributed by atoms with Crippen molar-refractivity contribution in [1.82, 2.24) is 16.0 Å². The predicted molar refractivity (Wildman–Crippen MR) is 121 cm³/mol. The van der Waals surface area contributed by atoms with Gasteiger partial charge in [-0.15, -0.1) is 0 Å². The largest absolute Gasteiger partial charge is 0.493 e. The van der Waals surface area contributed by atoms with Crippen molar-refractivity contribution in [3.05, 3.63) is 59.7 Å². The molecule has 7 nitrogen and oxygen atoms in total. The van der Waals surface area contributed by atoms with Crippen molar-refractivity contribution in [2.24, 2.45) is 4.99 Å². The normalized spacial score (nSPS) is 12.1.